The number of amides is 1. The maximum absolute atomic E-state index is 12.3. The number of fused-ring (bicyclic) bond motifs is 1. The summed E-state index contributed by atoms with van der Waals surface area (Å²) in [6, 6.07) is 6.57. The van der Waals surface area contributed by atoms with Crippen LogP contribution < -0.4 is 10.8 Å². The summed E-state index contributed by atoms with van der Waals surface area (Å²) in [4.78, 5) is 16.6. The van der Waals surface area contributed by atoms with E-state index >= 15 is 0 Å². The largest absolute Gasteiger partial charge is 0.488 e. The van der Waals surface area contributed by atoms with Crippen molar-refractivity contribution in [3.8, 4) is 0 Å². The lowest BCUT2D eigenvalue weighted by Gasteiger charge is -2.22. The van der Waals surface area contributed by atoms with Crippen molar-refractivity contribution in [2.75, 3.05) is 5.32 Å². The van der Waals surface area contributed by atoms with E-state index in [2.05, 4.69) is 14.9 Å². The molecule has 3 rings (SSSR count). The highest BCUT2D eigenvalue weighted by Gasteiger charge is 2.25. The second-order valence-corrected chi connectivity index (χ2v) is 5.21. The van der Waals surface area contributed by atoms with Crippen molar-refractivity contribution in [3.05, 3.63) is 42.5 Å². The minimum atomic E-state index is -1.54. The predicted octanol–water partition coefficient (Wildman–Crippen LogP) is -0.236. The first-order valence-electron chi connectivity index (χ1n) is 6.90. The van der Waals surface area contributed by atoms with Crippen LogP contribution in [0.4, 0.5) is 5.69 Å². The quantitative estimate of drug-likeness (QED) is 0.679. The van der Waals surface area contributed by atoms with Crippen molar-refractivity contribution >= 4 is 24.2 Å². The first-order chi connectivity index (χ1) is 10.1. The summed E-state index contributed by atoms with van der Waals surface area (Å²) >= 11 is 0. The van der Waals surface area contributed by atoms with Gasteiger partial charge in [-0.25, -0.2) is 4.98 Å². The van der Waals surface area contributed by atoms with Crippen LogP contribution in [0.3, 0.4) is 0 Å². The number of carbonyl (C=O) groups excluding carboxylic acids is 1. The third-order valence-corrected chi connectivity index (χ3v) is 3.77. The van der Waals surface area contributed by atoms with E-state index in [4.69, 9.17) is 10.0 Å². The molecule has 0 saturated carbocycles. The van der Waals surface area contributed by atoms with E-state index in [9.17, 15) is 4.79 Å². The van der Waals surface area contributed by atoms with Gasteiger partial charge < -0.3 is 19.9 Å². The molecular weight excluding hydrogens is 269 g/mol. The fourth-order valence-electron chi connectivity index (χ4n) is 2.60. The molecule has 6 nitrogen and oxygen atoms in total. The summed E-state index contributed by atoms with van der Waals surface area (Å²) in [5, 5.41) is 21.1. The molecule has 7 heteroatoms. The van der Waals surface area contributed by atoms with Gasteiger partial charge >= 0.3 is 7.12 Å². The summed E-state index contributed by atoms with van der Waals surface area (Å²) in [5.74, 6) is 0.761. The number of hydrogen-bond acceptors (Lipinski definition) is 4. The molecule has 0 bridgehead atoms. The Morgan fingerprint density at radius 1 is 1.43 bits per heavy atom. The van der Waals surface area contributed by atoms with Crippen LogP contribution in [0.15, 0.2) is 36.7 Å². The van der Waals surface area contributed by atoms with Gasteiger partial charge in [0.2, 0.25) is 5.91 Å². The smallest absolute Gasteiger partial charge is 0.423 e. The molecule has 0 aliphatic carbocycles. The number of carbonyl (C=O) groups is 1. The van der Waals surface area contributed by atoms with E-state index in [0.29, 0.717) is 17.6 Å². The zero-order chi connectivity index (χ0) is 14.8. The second kappa shape index (κ2) is 5.71. The summed E-state index contributed by atoms with van der Waals surface area (Å²) in [5.41, 5.74) is 0.923. The minimum Gasteiger partial charge on any atom is -0.423 e. The Morgan fingerprint density at radius 2 is 2.29 bits per heavy atom. The number of aryl methyl sites for hydroxylation is 1. The normalized spacial score (nSPS) is 17.1. The summed E-state index contributed by atoms with van der Waals surface area (Å²) < 4.78 is 2.06. The lowest BCUT2D eigenvalue weighted by molar-refractivity contribution is -0.120. The highest BCUT2D eigenvalue weighted by atomic mass is 16.4. The highest BCUT2D eigenvalue weighted by molar-refractivity contribution is 6.58. The number of nitrogens with zero attached hydrogens (tertiary/aromatic N) is 2. The first kappa shape index (κ1) is 13.8. The van der Waals surface area contributed by atoms with Gasteiger partial charge in [0, 0.05) is 37.0 Å². The number of aromatic nitrogens is 2. The van der Waals surface area contributed by atoms with E-state index in [1.807, 2.05) is 6.20 Å². The molecule has 21 heavy (non-hydrogen) atoms. The van der Waals surface area contributed by atoms with Crippen LogP contribution in [-0.2, 0) is 17.8 Å². The van der Waals surface area contributed by atoms with E-state index in [1.54, 1.807) is 30.5 Å². The van der Waals surface area contributed by atoms with Gasteiger partial charge in [0.25, 0.3) is 0 Å². The standard InChI is InChI=1S/C14H16BN3O3/c19-14(10-4-6-18-7-5-16-13(18)8-10)17-12-3-1-2-11(9-12)15(20)21/h1-3,5,7,9-10,20-21H,4,6,8H2,(H,17,19)/t10-/m0/s1. The van der Waals surface area contributed by atoms with Crippen LogP contribution in [0.5, 0.6) is 0 Å². The molecule has 0 unspecified atom stereocenters. The Bertz CT molecular complexity index is 656. The Labute approximate surface area is 122 Å². The van der Waals surface area contributed by atoms with Crippen LogP contribution in [0.25, 0.3) is 0 Å². The molecule has 0 spiro atoms. The molecule has 2 heterocycles. The molecule has 0 radical (unpaired) electrons. The molecule has 1 amide bonds. The Balaban J connectivity index is 1.68. The van der Waals surface area contributed by atoms with Crippen LogP contribution >= 0.6 is 0 Å². The molecule has 1 aromatic heterocycles. The minimum absolute atomic E-state index is 0.0613. The van der Waals surface area contributed by atoms with Crippen LogP contribution in [0.1, 0.15) is 12.2 Å². The molecule has 3 N–H and O–H groups in total. The maximum atomic E-state index is 12.3. The molecule has 0 fully saturated rings. The molecule has 1 atom stereocenters. The van der Waals surface area contributed by atoms with E-state index < -0.39 is 7.12 Å². The predicted molar refractivity (Wildman–Crippen MR) is 78.9 cm³/mol. The fourth-order valence-corrected chi connectivity index (χ4v) is 2.60. The van der Waals surface area contributed by atoms with Gasteiger partial charge in [0.15, 0.2) is 0 Å². The lowest BCUT2D eigenvalue weighted by atomic mass is 9.80. The average molecular weight is 285 g/mol. The molecule has 1 aromatic carbocycles. The summed E-state index contributed by atoms with van der Waals surface area (Å²) in [7, 11) is -1.54. The lowest BCUT2D eigenvalue weighted by Crippen LogP contribution is -2.32. The van der Waals surface area contributed by atoms with E-state index in [0.717, 1.165) is 18.8 Å². The van der Waals surface area contributed by atoms with Gasteiger partial charge in [0.05, 0.1) is 0 Å². The van der Waals surface area contributed by atoms with E-state index in [-0.39, 0.29) is 11.8 Å². The third kappa shape index (κ3) is 2.98. The molecular formula is C14H16BN3O3. The molecule has 1 aliphatic heterocycles. The summed E-state index contributed by atoms with van der Waals surface area (Å²) in [6.07, 6.45) is 5.08. The Hall–Kier alpha value is -2.12. The van der Waals surface area contributed by atoms with Gasteiger partial charge in [-0.1, -0.05) is 12.1 Å². The third-order valence-electron chi connectivity index (χ3n) is 3.77. The highest BCUT2D eigenvalue weighted by Crippen LogP contribution is 2.20. The van der Waals surface area contributed by atoms with Crippen LogP contribution in [0, 0.1) is 5.92 Å². The van der Waals surface area contributed by atoms with Gasteiger partial charge in [-0.3, -0.25) is 4.79 Å². The molecule has 1 aliphatic rings. The van der Waals surface area contributed by atoms with Crippen molar-refractivity contribution in [1.29, 1.82) is 0 Å². The monoisotopic (exact) mass is 285 g/mol. The number of rotatable bonds is 3. The van der Waals surface area contributed by atoms with Crippen molar-refractivity contribution in [2.45, 2.75) is 19.4 Å². The van der Waals surface area contributed by atoms with Crippen LogP contribution in [0.2, 0.25) is 0 Å². The van der Waals surface area contributed by atoms with Crippen molar-refractivity contribution < 1.29 is 14.8 Å². The molecule has 0 saturated heterocycles. The van der Waals surface area contributed by atoms with Crippen molar-refractivity contribution in [1.82, 2.24) is 9.55 Å². The Kier molecular flexibility index (Phi) is 3.77. The first-order valence-corrected chi connectivity index (χ1v) is 6.90. The van der Waals surface area contributed by atoms with Crippen molar-refractivity contribution in [3.63, 3.8) is 0 Å². The van der Waals surface area contributed by atoms with Gasteiger partial charge in [-0.2, -0.15) is 0 Å². The van der Waals surface area contributed by atoms with Gasteiger partial charge in [-0.05, 0) is 24.0 Å². The zero-order valence-electron chi connectivity index (χ0n) is 11.4. The number of benzene rings is 1. The number of anilines is 1. The maximum Gasteiger partial charge on any atom is 0.488 e. The SMILES string of the molecule is O=C(Nc1cccc(B(O)O)c1)[C@H]1CCn2ccnc2C1. The zero-order valence-corrected chi connectivity index (χ0v) is 11.4. The average Bonchev–Trinajstić information content (AvgIpc) is 2.94. The summed E-state index contributed by atoms with van der Waals surface area (Å²) in [6.45, 7) is 0.794. The fraction of sp³-hybridized carbons (Fsp3) is 0.286. The molecule has 2 aromatic rings. The topological polar surface area (TPSA) is 87.4 Å². The van der Waals surface area contributed by atoms with Gasteiger partial charge in [0.1, 0.15) is 5.82 Å². The number of nitrogens with one attached hydrogen (secondary N) is 1. The number of hydrogen-bond donors (Lipinski definition) is 3. The number of imidazole rings is 1. The Morgan fingerprint density at radius 3 is 3.10 bits per heavy atom. The van der Waals surface area contributed by atoms with E-state index in [1.165, 1.54) is 0 Å². The van der Waals surface area contributed by atoms with Gasteiger partial charge in [-0.15, -0.1) is 0 Å². The molecule has 108 valence electrons. The van der Waals surface area contributed by atoms with Crippen molar-refractivity contribution in [2.24, 2.45) is 5.92 Å². The second-order valence-electron chi connectivity index (χ2n) is 5.21. The van der Waals surface area contributed by atoms with Crippen LogP contribution in [-0.4, -0.2) is 32.6 Å².